The lowest BCUT2D eigenvalue weighted by atomic mass is 9.91. The van der Waals surface area contributed by atoms with E-state index in [0.717, 1.165) is 0 Å². The van der Waals surface area contributed by atoms with E-state index in [1.807, 2.05) is 6.92 Å². The summed E-state index contributed by atoms with van der Waals surface area (Å²) in [5, 5.41) is 12.0. The maximum atomic E-state index is 12.0. The molecule has 0 heterocycles. The highest BCUT2D eigenvalue weighted by molar-refractivity contribution is 5.88. The second kappa shape index (κ2) is 6.33. The maximum absolute atomic E-state index is 12.0. The molecular formula is C14H20N2O3. The van der Waals surface area contributed by atoms with Crippen molar-refractivity contribution in [2.24, 2.45) is 11.7 Å². The van der Waals surface area contributed by atoms with Crippen molar-refractivity contribution in [1.29, 1.82) is 0 Å². The summed E-state index contributed by atoms with van der Waals surface area (Å²) in [7, 11) is 0. The molecule has 5 heteroatoms. The lowest BCUT2D eigenvalue weighted by Gasteiger charge is -2.28. The molecule has 5 nitrogen and oxygen atoms in total. The second-order valence-electron chi connectivity index (χ2n) is 4.63. The minimum Gasteiger partial charge on any atom is -0.479 e. The smallest absolute Gasteiger partial charge is 0.333 e. The van der Waals surface area contributed by atoms with Gasteiger partial charge in [-0.25, -0.2) is 4.79 Å². The van der Waals surface area contributed by atoms with Crippen molar-refractivity contribution >= 4 is 11.9 Å². The number of amides is 1. The normalized spacial score (nSPS) is 15.3. The Hall–Kier alpha value is -1.88. The van der Waals surface area contributed by atoms with E-state index in [9.17, 15) is 14.7 Å². The molecule has 0 aliphatic rings. The summed E-state index contributed by atoms with van der Waals surface area (Å²) in [5.41, 5.74) is 4.60. The van der Waals surface area contributed by atoms with Crippen LogP contribution in [0, 0.1) is 5.92 Å². The van der Waals surface area contributed by atoms with Gasteiger partial charge in [0.1, 0.15) is 0 Å². The van der Waals surface area contributed by atoms with Crippen molar-refractivity contribution < 1.29 is 14.7 Å². The third kappa shape index (κ3) is 3.32. The minimum atomic E-state index is -1.44. The van der Waals surface area contributed by atoms with Gasteiger partial charge in [0.2, 0.25) is 5.91 Å². The zero-order valence-corrected chi connectivity index (χ0v) is 11.2. The molecule has 4 N–H and O–H groups in total. The molecule has 0 radical (unpaired) electrons. The van der Waals surface area contributed by atoms with Crippen LogP contribution in [-0.2, 0) is 15.1 Å². The number of nitrogens with one attached hydrogen (secondary N) is 1. The minimum absolute atomic E-state index is 0.201. The largest absolute Gasteiger partial charge is 0.479 e. The Balaban J connectivity index is 3.02. The molecule has 0 fully saturated rings. The average Bonchev–Trinajstić information content (AvgIpc) is 2.40. The third-order valence-corrected chi connectivity index (χ3v) is 3.30. The average molecular weight is 264 g/mol. The summed E-state index contributed by atoms with van der Waals surface area (Å²) in [6.07, 6.45) is 0.576. The van der Waals surface area contributed by atoms with Gasteiger partial charge in [0.25, 0.3) is 0 Å². The van der Waals surface area contributed by atoms with Gasteiger partial charge < -0.3 is 16.2 Å². The molecule has 2 atom stereocenters. The first-order valence-electron chi connectivity index (χ1n) is 6.26. The first-order chi connectivity index (χ1) is 8.95. The van der Waals surface area contributed by atoms with Gasteiger partial charge in [-0.2, -0.15) is 0 Å². The van der Waals surface area contributed by atoms with Gasteiger partial charge in [0.05, 0.1) is 0 Å². The van der Waals surface area contributed by atoms with Crippen LogP contribution in [0.25, 0.3) is 0 Å². The van der Waals surface area contributed by atoms with Gasteiger partial charge in [-0.3, -0.25) is 4.79 Å². The third-order valence-electron chi connectivity index (χ3n) is 3.30. The summed E-state index contributed by atoms with van der Waals surface area (Å²) in [6.45, 7) is 3.52. The van der Waals surface area contributed by atoms with Crippen molar-refractivity contribution in [2.75, 3.05) is 6.54 Å². The fourth-order valence-electron chi connectivity index (χ4n) is 1.83. The Kier molecular flexibility index (Phi) is 5.06. The summed E-state index contributed by atoms with van der Waals surface area (Å²) >= 11 is 0. The zero-order chi connectivity index (χ0) is 14.5. The van der Waals surface area contributed by atoms with Gasteiger partial charge in [0, 0.05) is 12.5 Å². The van der Waals surface area contributed by atoms with E-state index in [2.05, 4.69) is 5.32 Å². The number of hydrogen-bond donors (Lipinski definition) is 3. The Labute approximate surface area is 112 Å². The van der Waals surface area contributed by atoms with Crippen molar-refractivity contribution in [2.45, 2.75) is 25.8 Å². The van der Waals surface area contributed by atoms with E-state index in [-0.39, 0.29) is 18.4 Å². The Bertz CT molecular complexity index is 443. The Morgan fingerprint density at radius 3 is 2.37 bits per heavy atom. The second-order valence-corrected chi connectivity index (χ2v) is 4.63. The highest BCUT2D eigenvalue weighted by atomic mass is 16.4. The van der Waals surface area contributed by atoms with Crippen LogP contribution in [-0.4, -0.2) is 23.5 Å². The molecule has 2 unspecified atom stereocenters. The highest BCUT2D eigenvalue weighted by Crippen LogP contribution is 2.21. The Morgan fingerprint density at radius 1 is 1.37 bits per heavy atom. The quantitative estimate of drug-likeness (QED) is 0.717. The molecule has 0 aliphatic carbocycles. The van der Waals surface area contributed by atoms with Crippen LogP contribution in [0.1, 0.15) is 25.8 Å². The fourth-order valence-corrected chi connectivity index (χ4v) is 1.83. The number of nitrogens with two attached hydrogens (primary N) is 1. The standard InChI is InChI=1S/C14H20N2O3/c1-3-10(9-15)12(17)16-14(2,13(18)19)11-7-5-4-6-8-11/h4-8,10H,3,9,15H2,1-2H3,(H,16,17)(H,18,19). The van der Waals surface area contributed by atoms with Gasteiger partial charge in [-0.1, -0.05) is 37.3 Å². The van der Waals surface area contributed by atoms with Crippen molar-refractivity contribution in [1.82, 2.24) is 5.32 Å². The topological polar surface area (TPSA) is 92.4 Å². The van der Waals surface area contributed by atoms with Crippen LogP contribution < -0.4 is 11.1 Å². The SMILES string of the molecule is CCC(CN)C(=O)NC(C)(C(=O)O)c1ccccc1. The fraction of sp³-hybridized carbons (Fsp3) is 0.429. The Morgan fingerprint density at radius 2 is 1.95 bits per heavy atom. The van der Waals surface area contributed by atoms with Gasteiger partial charge >= 0.3 is 5.97 Å². The molecule has 0 aromatic heterocycles. The molecule has 0 spiro atoms. The van der Waals surface area contributed by atoms with Crippen LogP contribution in [0.3, 0.4) is 0 Å². The number of rotatable bonds is 6. The molecule has 0 bridgehead atoms. The van der Waals surface area contributed by atoms with E-state index in [1.165, 1.54) is 6.92 Å². The van der Waals surface area contributed by atoms with Gasteiger partial charge in [0.15, 0.2) is 5.54 Å². The number of benzene rings is 1. The van der Waals surface area contributed by atoms with Crippen molar-refractivity contribution in [3.8, 4) is 0 Å². The summed E-state index contributed by atoms with van der Waals surface area (Å²) in [5.74, 6) is -1.81. The van der Waals surface area contributed by atoms with Crippen LogP contribution >= 0.6 is 0 Å². The molecule has 0 aliphatic heterocycles. The van der Waals surface area contributed by atoms with Gasteiger partial charge in [-0.15, -0.1) is 0 Å². The van der Waals surface area contributed by atoms with Crippen LogP contribution in [0.4, 0.5) is 0 Å². The number of carboxylic acids is 1. The van der Waals surface area contributed by atoms with E-state index in [0.29, 0.717) is 12.0 Å². The molecule has 19 heavy (non-hydrogen) atoms. The van der Waals surface area contributed by atoms with E-state index >= 15 is 0 Å². The molecule has 1 amide bonds. The highest BCUT2D eigenvalue weighted by Gasteiger charge is 2.37. The summed E-state index contributed by atoms with van der Waals surface area (Å²) < 4.78 is 0. The number of carboxylic acid groups (broad SMARTS) is 1. The zero-order valence-electron chi connectivity index (χ0n) is 11.2. The van der Waals surface area contributed by atoms with Crippen LogP contribution in [0.2, 0.25) is 0 Å². The number of carbonyl (C=O) groups is 2. The van der Waals surface area contributed by atoms with E-state index < -0.39 is 11.5 Å². The maximum Gasteiger partial charge on any atom is 0.333 e. The van der Waals surface area contributed by atoms with Crippen LogP contribution in [0.15, 0.2) is 30.3 Å². The van der Waals surface area contributed by atoms with E-state index in [1.54, 1.807) is 30.3 Å². The predicted molar refractivity (Wildman–Crippen MR) is 72.4 cm³/mol. The molecule has 1 rings (SSSR count). The molecule has 104 valence electrons. The molecule has 0 saturated carbocycles. The van der Waals surface area contributed by atoms with Gasteiger partial charge in [-0.05, 0) is 18.9 Å². The lowest BCUT2D eigenvalue weighted by molar-refractivity contribution is -0.148. The first-order valence-corrected chi connectivity index (χ1v) is 6.26. The number of aliphatic carboxylic acids is 1. The van der Waals surface area contributed by atoms with E-state index in [4.69, 9.17) is 5.73 Å². The molecular weight excluding hydrogens is 244 g/mol. The van der Waals surface area contributed by atoms with Crippen LogP contribution in [0.5, 0.6) is 0 Å². The number of carbonyl (C=O) groups excluding carboxylic acids is 1. The molecule has 1 aromatic carbocycles. The first kappa shape index (κ1) is 15.2. The summed E-state index contributed by atoms with van der Waals surface area (Å²) in [4.78, 5) is 23.6. The summed E-state index contributed by atoms with van der Waals surface area (Å²) in [6, 6.07) is 8.63. The van der Waals surface area contributed by atoms with Crippen molar-refractivity contribution in [3.05, 3.63) is 35.9 Å². The molecule has 0 saturated heterocycles. The lowest BCUT2D eigenvalue weighted by Crippen LogP contribution is -2.52. The number of hydrogen-bond acceptors (Lipinski definition) is 3. The molecule has 1 aromatic rings. The monoisotopic (exact) mass is 264 g/mol. The predicted octanol–water partition coefficient (Wildman–Crippen LogP) is 1.09. The van der Waals surface area contributed by atoms with Crippen molar-refractivity contribution in [3.63, 3.8) is 0 Å².